The number of nitrogens with zero attached hydrogens (tertiary/aromatic N) is 5. The summed E-state index contributed by atoms with van der Waals surface area (Å²) < 4.78 is 16.4. The summed E-state index contributed by atoms with van der Waals surface area (Å²) in [5.74, 6) is 0.657. The molecule has 2 aromatic heterocycles. The van der Waals surface area contributed by atoms with Crippen molar-refractivity contribution in [3.63, 3.8) is 0 Å². The first-order valence-electron chi connectivity index (χ1n) is 8.72. The monoisotopic (exact) mass is 393 g/mol. The van der Waals surface area contributed by atoms with E-state index in [1.165, 1.54) is 18.8 Å². The average Bonchev–Trinajstić information content (AvgIpc) is 3.09. The van der Waals surface area contributed by atoms with Crippen LogP contribution in [-0.2, 0) is 0 Å². The Kier molecular flexibility index (Phi) is 4.71. The molecule has 0 radical (unpaired) electrons. The van der Waals surface area contributed by atoms with Gasteiger partial charge in [0.15, 0.2) is 0 Å². The number of anilines is 1. The van der Waals surface area contributed by atoms with Crippen molar-refractivity contribution in [1.82, 2.24) is 19.6 Å². The highest BCUT2D eigenvalue weighted by Gasteiger charge is 2.30. The van der Waals surface area contributed by atoms with Crippen molar-refractivity contribution in [2.24, 2.45) is 0 Å². The van der Waals surface area contributed by atoms with Gasteiger partial charge in [0, 0.05) is 18.2 Å². The Balaban J connectivity index is 2.05. The van der Waals surface area contributed by atoms with Crippen LogP contribution in [0.15, 0.2) is 24.5 Å². The number of aromatic nitrogens is 4. The quantitative estimate of drug-likeness (QED) is 0.586. The first kappa shape index (κ1) is 17.5. The van der Waals surface area contributed by atoms with Gasteiger partial charge in [-0.15, -0.1) is 0 Å². The fourth-order valence-corrected chi connectivity index (χ4v) is 4.24. The summed E-state index contributed by atoms with van der Waals surface area (Å²) in [4.78, 5) is 10.7. The van der Waals surface area contributed by atoms with Crippen molar-refractivity contribution < 1.29 is 4.39 Å². The smallest absolute Gasteiger partial charge is 0.255 e. The zero-order valence-corrected chi connectivity index (χ0v) is 15.8. The zero-order valence-electron chi connectivity index (χ0n) is 14.3. The molecule has 0 saturated carbocycles. The van der Waals surface area contributed by atoms with Crippen LogP contribution in [-0.4, -0.2) is 32.2 Å². The molecule has 1 fully saturated rings. The molecule has 1 aromatic carbocycles. The van der Waals surface area contributed by atoms with Gasteiger partial charge >= 0.3 is 0 Å². The van der Waals surface area contributed by atoms with Crippen LogP contribution < -0.4 is 4.90 Å². The van der Waals surface area contributed by atoms with Gasteiger partial charge in [-0.3, -0.25) is 0 Å². The van der Waals surface area contributed by atoms with E-state index in [0.29, 0.717) is 28.2 Å². The van der Waals surface area contributed by atoms with E-state index in [2.05, 4.69) is 26.9 Å². The van der Waals surface area contributed by atoms with Crippen molar-refractivity contribution in [1.29, 1.82) is 0 Å². The van der Waals surface area contributed by atoms with Gasteiger partial charge in [-0.2, -0.15) is 19.6 Å². The molecule has 3 heterocycles. The molecule has 1 saturated heterocycles. The van der Waals surface area contributed by atoms with Crippen LogP contribution >= 0.6 is 23.2 Å². The summed E-state index contributed by atoms with van der Waals surface area (Å²) >= 11 is 12.9. The largest absolute Gasteiger partial charge is 0.353 e. The molecule has 4 rings (SSSR count). The third-order valence-electron chi connectivity index (χ3n) is 4.94. The number of hydrogen-bond acceptors (Lipinski definition) is 4. The van der Waals surface area contributed by atoms with E-state index in [0.717, 1.165) is 25.8 Å². The molecule has 8 heteroatoms. The lowest BCUT2D eigenvalue weighted by molar-refractivity contribution is 0.444. The Morgan fingerprint density at radius 2 is 2.08 bits per heavy atom. The van der Waals surface area contributed by atoms with E-state index in [4.69, 9.17) is 23.2 Å². The number of halogens is 3. The van der Waals surface area contributed by atoms with Crippen molar-refractivity contribution in [2.45, 2.75) is 38.6 Å². The van der Waals surface area contributed by atoms with Crippen LogP contribution in [0, 0.1) is 5.82 Å². The molecule has 5 nitrogen and oxygen atoms in total. The highest BCUT2D eigenvalue weighted by Crippen LogP contribution is 2.42. The molecular formula is C18H18Cl2FN5. The number of benzene rings is 1. The molecule has 26 heavy (non-hydrogen) atoms. The van der Waals surface area contributed by atoms with Gasteiger partial charge in [0.05, 0.1) is 10.6 Å². The minimum Gasteiger partial charge on any atom is -0.353 e. The third-order valence-corrected chi connectivity index (χ3v) is 5.53. The van der Waals surface area contributed by atoms with E-state index in [1.807, 2.05) is 0 Å². The average molecular weight is 394 g/mol. The normalized spacial score (nSPS) is 17.8. The standard InChI is InChI=1S/C18H18Cl2FN5/c1-2-11-6-3-4-9-25(11)17-15(14-12(19)7-5-8-13(14)21)16(20)24-18-22-10-23-26(17)18/h5,7-8,10-11H,2-4,6,9H2,1H3. The number of piperidine rings is 1. The van der Waals surface area contributed by atoms with Gasteiger partial charge in [0.1, 0.15) is 23.1 Å². The first-order chi connectivity index (χ1) is 12.6. The maximum Gasteiger partial charge on any atom is 0.255 e. The lowest BCUT2D eigenvalue weighted by atomic mass is 9.98. The predicted octanol–water partition coefficient (Wildman–Crippen LogP) is 5.01. The second kappa shape index (κ2) is 7.00. The van der Waals surface area contributed by atoms with E-state index in [9.17, 15) is 4.39 Å². The molecule has 0 N–H and O–H groups in total. The minimum atomic E-state index is -0.438. The summed E-state index contributed by atoms with van der Waals surface area (Å²) in [6, 6.07) is 4.92. The number of hydrogen-bond donors (Lipinski definition) is 0. The van der Waals surface area contributed by atoms with Gasteiger partial charge < -0.3 is 4.90 Å². The molecule has 0 amide bonds. The predicted molar refractivity (Wildman–Crippen MR) is 101 cm³/mol. The summed E-state index contributed by atoms with van der Waals surface area (Å²) in [6.45, 7) is 2.99. The Hall–Kier alpha value is -1.92. The number of rotatable bonds is 3. The van der Waals surface area contributed by atoms with Gasteiger partial charge in [-0.25, -0.2) is 4.39 Å². The second-order valence-electron chi connectivity index (χ2n) is 6.42. The summed E-state index contributed by atoms with van der Waals surface area (Å²) in [7, 11) is 0. The lowest BCUT2D eigenvalue weighted by Crippen LogP contribution is -2.40. The van der Waals surface area contributed by atoms with Crippen molar-refractivity contribution >= 4 is 34.8 Å². The van der Waals surface area contributed by atoms with Gasteiger partial charge in [0.2, 0.25) is 0 Å². The highest BCUT2D eigenvalue weighted by atomic mass is 35.5. The van der Waals surface area contributed by atoms with Crippen molar-refractivity contribution in [3.8, 4) is 11.1 Å². The van der Waals surface area contributed by atoms with Crippen LogP contribution in [0.25, 0.3) is 16.9 Å². The van der Waals surface area contributed by atoms with E-state index < -0.39 is 5.82 Å². The van der Waals surface area contributed by atoms with Gasteiger partial charge in [-0.1, -0.05) is 36.2 Å². The Morgan fingerprint density at radius 1 is 1.23 bits per heavy atom. The summed E-state index contributed by atoms with van der Waals surface area (Å²) in [6.07, 6.45) is 5.69. The van der Waals surface area contributed by atoms with Gasteiger partial charge in [-0.05, 0) is 37.8 Å². The SMILES string of the molecule is CCC1CCCCN1c1c(-c2c(F)cccc2Cl)c(Cl)nc2ncnn12. The Bertz CT molecular complexity index is 938. The molecule has 1 unspecified atom stereocenters. The fourth-order valence-electron chi connectivity index (χ4n) is 3.72. The molecule has 1 aliphatic heterocycles. The lowest BCUT2D eigenvalue weighted by Gasteiger charge is -2.38. The molecule has 136 valence electrons. The second-order valence-corrected chi connectivity index (χ2v) is 7.19. The van der Waals surface area contributed by atoms with Crippen LogP contribution in [0.5, 0.6) is 0 Å². The molecular weight excluding hydrogens is 376 g/mol. The summed E-state index contributed by atoms with van der Waals surface area (Å²) in [5, 5.41) is 4.79. The van der Waals surface area contributed by atoms with Crippen LogP contribution in [0.1, 0.15) is 32.6 Å². The highest BCUT2D eigenvalue weighted by molar-refractivity contribution is 6.36. The molecule has 1 aliphatic rings. The molecule has 1 atom stereocenters. The van der Waals surface area contributed by atoms with E-state index in [1.54, 1.807) is 16.6 Å². The van der Waals surface area contributed by atoms with Crippen molar-refractivity contribution in [2.75, 3.05) is 11.4 Å². The maximum absolute atomic E-state index is 14.7. The van der Waals surface area contributed by atoms with Crippen LogP contribution in [0.3, 0.4) is 0 Å². The third kappa shape index (κ3) is 2.81. The van der Waals surface area contributed by atoms with Crippen molar-refractivity contribution in [3.05, 3.63) is 40.5 Å². The fraction of sp³-hybridized carbons (Fsp3) is 0.389. The van der Waals surface area contributed by atoms with E-state index in [-0.39, 0.29) is 10.7 Å². The topological polar surface area (TPSA) is 46.3 Å². The molecule has 0 spiro atoms. The molecule has 3 aromatic rings. The Morgan fingerprint density at radius 3 is 2.85 bits per heavy atom. The van der Waals surface area contributed by atoms with Crippen LogP contribution in [0.4, 0.5) is 10.2 Å². The minimum absolute atomic E-state index is 0.174. The zero-order chi connectivity index (χ0) is 18.3. The molecule has 0 bridgehead atoms. The first-order valence-corrected chi connectivity index (χ1v) is 9.47. The van der Waals surface area contributed by atoms with E-state index >= 15 is 0 Å². The number of fused-ring (bicyclic) bond motifs is 1. The summed E-state index contributed by atoms with van der Waals surface area (Å²) in [5.41, 5.74) is 0.715. The molecule has 0 aliphatic carbocycles. The van der Waals surface area contributed by atoms with Crippen LogP contribution in [0.2, 0.25) is 10.2 Å². The Labute approximate surface area is 160 Å². The van der Waals surface area contributed by atoms with Gasteiger partial charge in [0.25, 0.3) is 5.78 Å². The maximum atomic E-state index is 14.7.